The molecule has 6 rings (SSSR count). The minimum atomic E-state index is 0.386. The van der Waals surface area contributed by atoms with E-state index in [4.69, 9.17) is 72.8 Å². The maximum atomic E-state index is 6.73. The van der Waals surface area contributed by atoms with E-state index in [9.17, 15) is 0 Å². The number of benzene rings is 2. The van der Waals surface area contributed by atoms with Gasteiger partial charge in [-0.3, -0.25) is 9.97 Å². The zero-order valence-electron chi connectivity index (χ0n) is 80.5. The number of ether oxygens (including phenoxy) is 6. The lowest BCUT2D eigenvalue weighted by atomic mass is 10.1. The average Bonchev–Trinajstić information content (AvgIpc) is 0.829. The molecule has 4 N–H and O–H groups in total. The predicted octanol–water partition coefficient (Wildman–Crippen LogP) is 31.2. The minimum Gasteiger partial charge on any atom is -0.490 e. The number of aromatic nitrogens is 6. The molecule has 0 saturated carbocycles. The molecular formula is C108H176N10O6S2. The van der Waals surface area contributed by atoms with Gasteiger partial charge in [0.05, 0.1) is 62.4 Å². The number of hydrogen-bond donors (Lipinski definition) is 4. The first kappa shape index (κ1) is 108. The van der Waals surface area contributed by atoms with Crippen molar-refractivity contribution in [1.82, 2.24) is 51.2 Å². The Hall–Kier alpha value is -6.92. The first-order chi connectivity index (χ1) is 62.2. The summed E-state index contributed by atoms with van der Waals surface area (Å²) in [5.41, 5.74) is 6.69. The Morgan fingerprint density at radius 1 is 0.230 bits per heavy atom. The average molecular weight is 1770 g/mol. The summed E-state index contributed by atoms with van der Waals surface area (Å²) in [6.45, 7) is 19.5. The zero-order valence-corrected chi connectivity index (χ0v) is 82.2. The molecule has 0 aliphatic rings. The van der Waals surface area contributed by atoms with Crippen LogP contribution in [0.4, 0.5) is 0 Å². The molecule has 0 aliphatic heterocycles. The molecule has 0 amide bonds. The lowest BCUT2D eigenvalue weighted by Crippen LogP contribution is -2.34. The molecule has 706 valence electrons. The molecule has 18 heteroatoms. The fraction of sp³-hybridized carbons (Fsp3) is 0.704. The normalized spacial score (nSPS) is 11.3. The molecule has 16 nitrogen and oxygen atoms in total. The minimum absolute atomic E-state index is 0.386. The number of unbranched alkanes of at least 4 members (excludes halogenated alkanes) is 54. The van der Waals surface area contributed by atoms with E-state index >= 15 is 0 Å². The van der Waals surface area contributed by atoms with Crippen molar-refractivity contribution in [2.75, 3.05) is 39.6 Å². The molecule has 4 aromatic heterocycles. The van der Waals surface area contributed by atoms with Crippen molar-refractivity contribution in [3.05, 3.63) is 108 Å². The van der Waals surface area contributed by atoms with Crippen molar-refractivity contribution in [2.45, 2.75) is 453 Å². The van der Waals surface area contributed by atoms with Crippen molar-refractivity contribution in [1.29, 1.82) is 0 Å². The number of pyridine rings is 2. The summed E-state index contributed by atoms with van der Waals surface area (Å²) in [6, 6.07) is 20.3. The van der Waals surface area contributed by atoms with E-state index in [1.165, 1.54) is 308 Å². The number of nitrogens with zero attached hydrogens (tertiary/aromatic N) is 6. The van der Waals surface area contributed by atoms with Crippen molar-refractivity contribution in [3.8, 4) is 68.9 Å². The summed E-state index contributed by atoms with van der Waals surface area (Å²) >= 11 is 11.9. The molecule has 126 heavy (non-hydrogen) atoms. The fourth-order valence-electron chi connectivity index (χ4n) is 16.2. The molecular weight excluding hydrogens is 1600 g/mol. The van der Waals surface area contributed by atoms with E-state index in [-0.39, 0.29) is 0 Å². The van der Waals surface area contributed by atoms with E-state index in [0.29, 0.717) is 110 Å². The second-order valence-electron chi connectivity index (χ2n) is 35.7. The predicted molar refractivity (Wildman–Crippen MR) is 539 cm³/mol. The third-order valence-electron chi connectivity index (χ3n) is 24.2. The van der Waals surface area contributed by atoms with Crippen molar-refractivity contribution < 1.29 is 28.4 Å². The van der Waals surface area contributed by atoms with Crippen LogP contribution in [-0.2, 0) is 26.2 Å². The van der Waals surface area contributed by atoms with E-state index in [0.717, 1.165) is 134 Å². The monoisotopic (exact) mass is 1770 g/mol. The van der Waals surface area contributed by atoms with Crippen LogP contribution in [0.3, 0.4) is 0 Å². The van der Waals surface area contributed by atoms with Gasteiger partial charge in [-0.15, -0.1) is 0 Å². The van der Waals surface area contributed by atoms with Gasteiger partial charge in [0.25, 0.3) is 0 Å². The highest BCUT2D eigenvalue weighted by atomic mass is 32.1. The van der Waals surface area contributed by atoms with Gasteiger partial charge in [0, 0.05) is 51.0 Å². The van der Waals surface area contributed by atoms with Gasteiger partial charge in [-0.25, -0.2) is 19.9 Å². The maximum absolute atomic E-state index is 6.73. The van der Waals surface area contributed by atoms with Crippen LogP contribution in [0.25, 0.3) is 34.4 Å². The van der Waals surface area contributed by atoms with E-state index in [2.05, 4.69) is 97.0 Å². The van der Waals surface area contributed by atoms with E-state index < -0.39 is 0 Å². The van der Waals surface area contributed by atoms with Crippen LogP contribution in [0.5, 0.6) is 34.5 Å². The molecule has 6 aromatic rings. The Morgan fingerprint density at radius 2 is 0.437 bits per heavy atom. The fourth-order valence-corrected chi connectivity index (χ4v) is 16.5. The Labute approximate surface area is 778 Å². The second-order valence-corrected chi connectivity index (χ2v) is 36.5. The van der Waals surface area contributed by atoms with Gasteiger partial charge < -0.3 is 49.7 Å². The third kappa shape index (κ3) is 51.5. The van der Waals surface area contributed by atoms with Crippen LogP contribution in [0.2, 0.25) is 0 Å². The van der Waals surface area contributed by atoms with Crippen LogP contribution in [-0.4, -0.2) is 79.8 Å². The lowest BCUT2D eigenvalue weighted by molar-refractivity contribution is 0.233. The van der Waals surface area contributed by atoms with Gasteiger partial charge in [0.1, 0.15) is 0 Å². The van der Waals surface area contributed by atoms with Gasteiger partial charge >= 0.3 is 0 Å². The van der Waals surface area contributed by atoms with E-state index in [1.807, 2.05) is 48.8 Å². The van der Waals surface area contributed by atoms with Gasteiger partial charge in [-0.05, 0) is 134 Å². The molecule has 0 radical (unpaired) electrons. The highest BCUT2D eigenvalue weighted by Gasteiger charge is 2.21. The zero-order chi connectivity index (χ0) is 89.1. The SMILES string of the molecule is CCCCCCCCCCCCOc1cc(CNC(=S)NCc2ccc(-c3ccnc(-c4nccc(-c5ccc(CNC(=S)NCc6cc(OCCCCCCCCCCCC)c(OCCCCCCCCCCCC)c(OCCCCCCCCCCCC)c6)cn5)n4)n3)nc2)cc(OCCCCCCCCCCCC)c1OCCCCCCCCCCCC. The largest absolute Gasteiger partial charge is 0.490 e. The quantitative estimate of drug-likeness (QED) is 0.0209. The maximum Gasteiger partial charge on any atom is 0.203 e. The number of nitrogens with one attached hydrogen (secondary N) is 4. The summed E-state index contributed by atoms with van der Waals surface area (Å²) in [4.78, 5) is 28.8. The molecule has 0 fully saturated rings. The van der Waals surface area contributed by atoms with Gasteiger partial charge in [0.2, 0.25) is 11.5 Å². The summed E-state index contributed by atoms with van der Waals surface area (Å²) in [5, 5.41) is 14.9. The number of hydrogen-bond acceptors (Lipinski definition) is 14. The van der Waals surface area contributed by atoms with Gasteiger partial charge in [-0.2, -0.15) is 0 Å². The lowest BCUT2D eigenvalue weighted by Gasteiger charge is -2.19. The van der Waals surface area contributed by atoms with Crippen LogP contribution in [0.15, 0.2) is 85.5 Å². The molecule has 0 unspecified atom stereocenters. The molecule has 0 bridgehead atoms. The molecule has 2 aromatic carbocycles. The summed E-state index contributed by atoms with van der Waals surface area (Å²) in [7, 11) is 0. The Morgan fingerprint density at radius 3 is 0.651 bits per heavy atom. The Balaban J connectivity index is 1.04. The molecule has 0 saturated heterocycles. The van der Waals surface area contributed by atoms with Gasteiger partial charge in [-0.1, -0.05) is 400 Å². The molecule has 0 aliphatic carbocycles. The smallest absolute Gasteiger partial charge is 0.203 e. The van der Waals surface area contributed by atoms with Crippen LogP contribution in [0, 0.1) is 0 Å². The van der Waals surface area contributed by atoms with Crippen LogP contribution in [0.1, 0.15) is 449 Å². The van der Waals surface area contributed by atoms with Crippen molar-refractivity contribution in [3.63, 3.8) is 0 Å². The highest BCUT2D eigenvalue weighted by molar-refractivity contribution is 7.80. The van der Waals surface area contributed by atoms with E-state index in [1.54, 1.807) is 12.4 Å². The Bertz CT molecular complexity index is 3320. The summed E-state index contributed by atoms with van der Waals surface area (Å²) in [5.74, 6) is 5.28. The molecule has 0 spiro atoms. The highest BCUT2D eigenvalue weighted by Crippen LogP contribution is 2.42. The third-order valence-corrected chi connectivity index (χ3v) is 24.7. The topological polar surface area (TPSA) is 181 Å². The molecule has 0 atom stereocenters. The molecule has 4 heterocycles. The first-order valence-electron chi connectivity index (χ1n) is 52.0. The van der Waals surface area contributed by atoms with Crippen molar-refractivity contribution in [2.24, 2.45) is 0 Å². The van der Waals surface area contributed by atoms with Crippen LogP contribution >= 0.6 is 24.4 Å². The van der Waals surface area contributed by atoms with Crippen LogP contribution < -0.4 is 49.7 Å². The second kappa shape index (κ2) is 74.8. The van der Waals surface area contributed by atoms with Gasteiger partial charge in [0.15, 0.2) is 44.9 Å². The number of rotatable bonds is 83. The Kier molecular flexibility index (Phi) is 64.0. The summed E-state index contributed by atoms with van der Waals surface area (Å²) < 4.78 is 40.3. The number of thiocarbonyl (C=S) groups is 2. The first-order valence-corrected chi connectivity index (χ1v) is 52.8. The summed E-state index contributed by atoms with van der Waals surface area (Å²) in [6.07, 6.45) is 83.7. The standard InChI is InChI=1S/C108H176N10O6S2/c1-7-13-19-25-31-37-43-49-55-61-75-119-99-81-93(82-100(120-76-62-56-50-44-38-32-26-20-14-8-2)103(99)123-79-65-59-53-47-41-35-29-23-17-11-5)89-115-107(125)113-87-91-67-69-95(111-85-91)97-71-73-109-105(117-97)106-110-74-72-98(118-106)96-70-68-92(86-112-96)88-114-108(126)116-90-94-83-101(121-77-63-57-51-45-39-33-27-21-15-9-3)104(124-80-66-60-54-48-42-36-30-24-18-12-6)102(84-94)122-78-64-58-52-46-40-34-28-22-16-10-4/h67-74,81-86H,7-66,75-80,87-90H2,1-6H3,(H2,113,115,125)(H2,114,116,126). The van der Waals surface area contributed by atoms with Crippen molar-refractivity contribution >= 4 is 34.7 Å².